The van der Waals surface area contributed by atoms with Crippen LogP contribution in [0.1, 0.15) is 44.7 Å². The molecule has 32 heavy (non-hydrogen) atoms. The second kappa shape index (κ2) is 11.0. The number of ether oxygens (including phenoxy) is 2. The third kappa shape index (κ3) is 5.59. The minimum atomic E-state index is -0.352. The molecule has 0 saturated carbocycles. The average molecular weight is 433 g/mol. The molecule has 0 fully saturated rings. The Labute approximate surface area is 191 Å². The zero-order valence-electron chi connectivity index (χ0n) is 19.3. The first-order valence-electron chi connectivity index (χ1n) is 11.4. The lowest BCUT2D eigenvalue weighted by Crippen LogP contribution is -2.30. The number of hydrogen-bond donors (Lipinski definition) is 0. The highest BCUT2D eigenvalue weighted by atomic mass is 19.1. The second-order valence-corrected chi connectivity index (χ2v) is 8.39. The summed E-state index contributed by atoms with van der Waals surface area (Å²) in [5.74, 6) is 1.82. The van der Waals surface area contributed by atoms with Crippen LogP contribution >= 0.6 is 0 Å². The molecular formula is C29H33FO2. The normalized spacial score (nSPS) is 12.9. The highest BCUT2D eigenvalue weighted by Gasteiger charge is 2.32. The Morgan fingerprint density at radius 3 is 2.31 bits per heavy atom. The third-order valence-electron chi connectivity index (χ3n) is 6.12. The van der Waals surface area contributed by atoms with Crippen LogP contribution in [-0.4, -0.2) is 6.61 Å². The van der Waals surface area contributed by atoms with Crippen LogP contribution in [0.2, 0.25) is 0 Å². The largest absolute Gasteiger partial charge is 0.494 e. The predicted molar refractivity (Wildman–Crippen MR) is 130 cm³/mol. The number of para-hydroxylation sites is 1. The van der Waals surface area contributed by atoms with E-state index in [4.69, 9.17) is 9.47 Å². The smallest absolute Gasteiger partial charge is 0.165 e. The van der Waals surface area contributed by atoms with Crippen LogP contribution < -0.4 is 9.47 Å². The lowest BCUT2D eigenvalue weighted by molar-refractivity contribution is 0.336. The number of aryl methyl sites for hydroxylation is 1. The molecule has 1 atom stereocenters. The first-order chi connectivity index (χ1) is 15.5. The molecule has 0 aliphatic heterocycles. The van der Waals surface area contributed by atoms with Crippen molar-refractivity contribution in [3.05, 3.63) is 102 Å². The summed E-state index contributed by atoms with van der Waals surface area (Å²) in [6.45, 7) is 11.3. The molecule has 0 N–H and O–H groups in total. The quantitative estimate of drug-likeness (QED) is 0.285. The van der Waals surface area contributed by atoms with Gasteiger partial charge in [0.15, 0.2) is 11.6 Å². The first-order valence-corrected chi connectivity index (χ1v) is 11.4. The van der Waals surface area contributed by atoms with E-state index in [9.17, 15) is 4.39 Å². The molecular weight excluding hydrogens is 399 g/mol. The van der Waals surface area contributed by atoms with Gasteiger partial charge in [0.2, 0.25) is 0 Å². The molecule has 0 aliphatic carbocycles. The Balaban J connectivity index is 1.72. The van der Waals surface area contributed by atoms with Crippen molar-refractivity contribution in [1.82, 2.24) is 0 Å². The van der Waals surface area contributed by atoms with Gasteiger partial charge >= 0.3 is 0 Å². The molecule has 3 heteroatoms. The molecule has 0 bridgehead atoms. The zero-order chi connectivity index (χ0) is 23.0. The zero-order valence-corrected chi connectivity index (χ0v) is 19.3. The van der Waals surface area contributed by atoms with Gasteiger partial charge in [-0.2, -0.15) is 0 Å². The van der Waals surface area contributed by atoms with E-state index in [-0.39, 0.29) is 17.0 Å². The van der Waals surface area contributed by atoms with Gasteiger partial charge in [-0.3, -0.25) is 0 Å². The number of benzene rings is 3. The third-order valence-corrected chi connectivity index (χ3v) is 6.12. The summed E-state index contributed by atoms with van der Waals surface area (Å²) < 4.78 is 25.6. The Hall–Kier alpha value is -3.07. The van der Waals surface area contributed by atoms with Gasteiger partial charge in [0.1, 0.15) is 11.5 Å². The molecule has 0 amide bonds. The molecule has 0 aliphatic rings. The molecule has 0 spiro atoms. The molecule has 0 radical (unpaired) electrons. The van der Waals surface area contributed by atoms with Crippen molar-refractivity contribution in [1.29, 1.82) is 0 Å². The van der Waals surface area contributed by atoms with Gasteiger partial charge in [-0.1, -0.05) is 56.3 Å². The molecule has 1 unspecified atom stereocenters. The number of rotatable bonds is 11. The van der Waals surface area contributed by atoms with Crippen LogP contribution in [0.5, 0.6) is 17.2 Å². The fourth-order valence-corrected chi connectivity index (χ4v) is 4.23. The Morgan fingerprint density at radius 1 is 0.969 bits per heavy atom. The summed E-state index contributed by atoms with van der Waals surface area (Å²) in [5, 5.41) is 0. The maximum atomic E-state index is 14.3. The van der Waals surface area contributed by atoms with Crippen LogP contribution in [-0.2, 0) is 11.8 Å². The van der Waals surface area contributed by atoms with Gasteiger partial charge in [0.25, 0.3) is 0 Å². The maximum absolute atomic E-state index is 14.3. The van der Waals surface area contributed by atoms with Crippen LogP contribution in [0.15, 0.2) is 85.5 Å². The van der Waals surface area contributed by atoms with Crippen LogP contribution in [0.4, 0.5) is 4.39 Å². The van der Waals surface area contributed by atoms with Gasteiger partial charge in [0.05, 0.1) is 6.61 Å². The molecule has 0 heterocycles. The van der Waals surface area contributed by atoms with Crippen molar-refractivity contribution in [2.24, 2.45) is 5.92 Å². The Kier molecular flexibility index (Phi) is 8.10. The monoisotopic (exact) mass is 432 g/mol. The maximum Gasteiger partial charge on any atom is 0.165 e. The first kappa shape index (κ1) is 23.6. The fourth-order valence-electron chi connectivity index (χ4n) is 4.23. The number of hydrogen-bond acceptors (Lipinski definition) is 2. The summed E-state index contributed by atoms with van der Waals surface area (Å²) in [6.07, 6.45) is 4.83. The summed E-state index contributed by atoms with van der Waals surface area (Å²) in [4.78, 5) is 0. The van der Waals surface area contributed by atoms with E-state index in [1.807, 2.05) is 61.5 Å². The molecule has 2 nitrogen and oxygen atoms in total. The van der Waals surface area contributed by atoms with Crippen LogP contribution in [0, 0.1) is 11.7 Å². The molecule has 3 aromatic carbocycles. The lowest BCUT2D eigenvalue weighted by Gasteiger charge is -2.36. The minimum Gasteiger partial charge on any atom is -0.494 e. The van der Waals surface area contributed by atoms with Crippen molar-refractivity contribution in [3.8, 4) is 17.2 Å². The van der Waals surface area contributed by atoms with E-state index in [2.05, 4.69) is 38.6 Å². The molecule has 168 valence electrons. The minimum absolute atomic E-state index is 0.131. The second-order valence-electron chi connectivity index (χ2n) is 8.39. The Morgan fingerprint density at radius 2 is 1.69 bits per heavy atom. The van der Waals surface area contributed by atoms with E-state index in [1.54, 1.807) is 0 Å². The SMILES string of the molecule is C=CC(CCCc1ccc(F)c(Oc2ccccc2)c1)(c1ccc(OCC)cc1)C(C)C. The van der Waals surface area contributed by atoms with E-state index >= 15 is 0 Å². The number of halogens is 1. The van der Waals surface area contributed by atoms with E-state index < -0.39 is 0 Å². The van der Waals surface area contributed by atoms with Gasteiger partial charge in [-0.25, -0.2) is 4.39 Å². The summed E-state index contributed by atoms with van der Waals surface area (Å²) in [5.41, 5.74) is 2.18. The predicted octanol–water partition coefficient (Wildman–Crippen LogP) is 8.12. The highest BCUT2D eigenvalue weighted by Crippen LogP contribution is 2.39. The highest BCUT2D eigenvalue weighted by molar-refractivity contribution is 5.37. The molecule has 0 aromatic heterocycles. The number of allylic oxidation sites excluding steroid dienone is 1. The van der Waals surface area contributed by atoms with Crippen LogP contribution in [0.25, 0.3) is 0 Å². The van der Waals surface area contributed by atoms with Crippen molar-refractivity contribution in [3.63, 3.8) is 0 Å². The van der Waals surface area contributed by atoms with Crippen molar-refractivity contribution in [2.75, 3.05) is 6.61 Å². The molecule has 3 rings (SSSR count). The summed E-state index contributed by atoms with van der Waals surface area (Å²) in [7, 11) is 0. The van der Waals surface area contributed by atoms with Crippen molar-refractivity contribution >= 4 is 0 Å². The van der Waals surface area contributed by atoms with Gasteiger partial charge in [0, 0.05) is 5.41 Å². The van der Waals surface area contributed by atoms with Crippen molar-refractivity contribution < 1.29 is 13.9 Å². The standard InChI is InChI=1S/C29H33FO2/c1-5-29(22(3)4,24-15-17-25(18-16-24)31-6-2)20-10-11-23-14-19-27(30)28(21-23)32-26-12-8-7-9-13-26/h5,7-9,12-19,21-22H,1,6,10-11,20H2,2-4H3. The lowest BCUT2D eigenvalue weighted by atomic mass is 9.68. The fraction of sp³-hybridized carbons (Fsp3) is 0.310. The van der Waals surface area contributed by atoms with Crippen LogP contribution in [0.3, 0.4) is 0 Å². The molecule has 3 aromatic rings. The average Bonchev–Trinajstić information content (AvgIpc) is 2.80. The molecule has 0 saturated heterocycles. The van der Waals surface area contributed by atoms with Gasteiger partial charge < -0.3 is 9.47 Å². The van der Waals surface area contributed by atoms with Crippen molar-refractivity contribution in [2.45, 2.75) is 45.4 Å². The van der Waals surface area contributed by atoms with E-state index in [1.165, 1.54) is 11.6 Å². The van der Waals surface area contributed by atoms with E-state index in [0.717, 1.165) is 30.6 Å². The topological polar surface area (TPSA) is 18.5 Å². The van der Waals surface area contributed by atoms with E-state index in [0.29, 0.717) is 18.3 Å². The van der Waals surface area contributed by atoms with Gasteiger partial charge in [-0.15, -0.1) is 6.58 Å². The summed E-state index contributed by atoms with van der Waals surface area (Å²) >= 11 is 0. The summed E-state index contributed by atoms with van der Waals surface area (Å²) in [6, 6.07) is 22.8. The Bertz CT molecular complexity index is 995. The van der Waals surface area contributed by atoms with Gasteiger partial charge in [-0.05, 0) is 79.6 Å².